The number of nitrogens with zero attached hydrogens (tertiary/aromatic N) is 2. The molecule has 2 aliphatic heterocycles. The van der Waals surface area contributed by atoms with Crippen molar-refractivity contribution < 1.29 is 19.4 Å². The van der Waals surface area contributed by atoms with Gasteiger partial charge in [-0.05, 0) is 37.8 Å². The summed E-state index contributed by atoms with van der Waals surface area (Å²) in [5.41, 5.74) is 0.00375. The van der Waals surface area contributed by atoms with Crippen molar-refractivity contribution in [3.05, 3.63) is 23.9 Å². The second kappa shape index (κ2) is 6.86. The van der Waals surface area contributed by atoms with Crippen molar-refractivity contribution in [2.75, 3.05) is 25.0 Å². The molecule has 2 saturated heterocycles. The molecular formula is C17H23N3O4. The number of carbonyl (C=O) groups is 2. The molecule has 24 heavy (non-hydrogen) atoms. The molecule has 7 heteroatoms. The van der Waals surface area contributed by atoms with E-state index in [1.807, 2.05) is 0 Å². The van der Waals surface area contributed by atoms with Gasteiger partial charge in [0.1, 0.15) is 5.82 Å². The maximum atomic E-state index is 12.7. The van der Waals surface area contributed by atoms with Crippen molar-refractivity contribution in [3.63, 3.8) is 0 Å². The van der Waals surface area contributed by atoms with E-state index in [0.717, 1.165) is 12.8 Å². The number of hydrogen-bond acceptors (Lipinski definition) is 5. The highest BCUT2D eigenvalue weighted by Crippen LogP contribution is 2.35. The highest BCUT2D eigenvalue weighted by Gasteiger charge is 2.44. The number of pyridine rings is 1. The first-order chi connectivity index (χ1) is 11.5. The average molecular weight is 333 g/mol. The minimum atomic E-state index is -0.491. The van der Waals surface area contributed by atoms with Crippen molar-refractivity contribution in [1.82, 2.24) is 9.88 Å². The van der Waals surface area contributed by atoms with Gasteiger partial charge in [0, 0.05) is 38.4 Å². The first kappa shape index (κ1) is 16.9. The Labute approximate surface area is 141 Å². The van der Waals surface area contributed by atoms with Crippen LogP contribution < -0.4 is 5.32 Å². The van der Waals surface area contributed by atoms with Gasteiger partial charge in [-0.15, -0.1) is 0 Å². The Bertz CT molecular complexity index is 626. The van der Waals surface area contributed by atoms with E-state index in [4.69, 9.17) is 4.74 Å². The predicted octanol–water partition coefficient (Wildman–Crippen LogP) is 1.19. The van der Waals surface area contributed by atoms with Gasteiger partial charge in [-0.25, -0.2) is 4.98 Å². The molecule has 2 N–H and O–H groups in total. The fraction of sp³-hybridized carbons (Fsp3) is 0.588. The molecule has 0 radical (unpaired) electrons. The zero-order valence-electron chi connectivity index (χ0n) is 13.8. The maximum absolute atomic E-state index is 12.7. The van der Waals surface area contributed by atoms with Crippen LogP contribution in [0.1, 0.15) is 43.0 Å². The number of hydrogen-bond donors (Lipinski definition) is 2. The number of carbonyl (C=O) groups excluding carboxylic acids is 2. The van der Waals surface area contributed by atoms with Crippen LogP contribution in [-0.4, -0.2) is 58.2 Å². The molecule has 1 aromatic heterocycles. The predicted molar refractivity (Wildman–Crippen MR) is 87.6 cm³/mol. The van der Waals surface area contributed by atoms with E-state index in [-0.39, 0.29) is 11.8 Å². The fourth-order valence-corrected chi connectivity index (χ4v) is 3.47. The molecule has 0 aliphatic carbocycles. The van der Waals surface area contributed by atoms with Crippen LogP contribution in [0, 0.1) is 0 Å². The third-order valence-corrected chi connectivity index (χ3v) is 4.83. The summed E-state index contributed by atoms with van der Waals surface area (Å²) in [6.07, 6.45) is 3.99. The largest absolute Gasteiger partial charge is 0.390 e. The first-order valence-corrected chi connectivity index (χ1v) is 8.35. The SMILES string of the molecule is CC(=O)Nc1cc(C(=O)N2CCC3(CC2)OCCC[C@H]3O)ccn1. The summed E-state index contributed by atoms with van der Waals surface area (Å²) < 4.78 is 5.87. The van der Waals surface area contributed by atoms with Crippen LogP contribution in [-0.2, 0) is 9.53 Å². The zero-order valence-corrected chi connectivity index (χ0v) is 13.8. The minimum Gasteiger partial charge on any atom is -0.390 e. The van der Waals surface area contributed by atoms with Crippen LogP contribution in [0.3, 0.4) is 0 Å². The van der Waals surface area contributed by atoms with Gasteiger partial charge in [0.2, 0.25) is 5.91 Å². The molecule has 3 rings (SSSR count). The van der Waals surface area contributed by atoms with E-state index in [2.05, 4.69) is 10.3 Å². The van der Waals surface area contributed by atoms with Crippen LogP contribution in [0.4, 0.5) is 5.82 Å². The highest BCUT2D eigenvalue weighted by molar-refractivity contribution is 5.96. The number of anilines is 1. The Kier molecular flexibility index (Phi) is 4.82. The van der Waals surface area contributed by atoms with Gasteiger partial charge < -0.3 is 20.1 Å². The summed E-state index contributed by atoms with van der Waals surface area (Å²) in [4.78, 5) is 29.6. The van der Waals surface area contributed by atoms with Gasteiger partial charge >= 0.3 is 0 Å². The Morgan fingerprint density at radius 3 is 2.83 bits per heavy atom. The fourth-order valence-electron chi connectivity index (χ4n) is 3.47. The normalized spacial score (nSPS) is 23.1. The molecule has 1 aromatic rings. The molecule has 0 saturated carbocycles. The summed E-state index contributed by atoms with van der Waals surface area (Å²) in [7, 11) is 0. The maximum Gasteiger partial charge on any atom is 0.254 e. The number of aromatic nitrogens is 1. The average Bonchev–Trinajstić information content (AvgIpc) is 2.57. The van der Waals surface area contributed by atoms with E-state index >= 15 is 0 Å². The second-order valence-electron chi connectivity index (χ2n) is 6.47. The summed E-state index contributed by atoms with van der Waals surface area (Å²) in [6, 6.07) is 3.23. The highest BCUT2D eigenvalue weighted by atomic mass is 16.5. The van der Waals surface area contributed by atoms with Crippen molar-refractivity contribution in [3.8, 4) is 0 Å². The summed E-state index contributed by atoms with van der Waals surface area (Å²) in [5.74, 6) is 0.0486. The molecule has 7 nitrogen and oxygen atoms in total. The summed E-state index contributed by atoms with van der Waals surface area (Å²) in [5, 5.41) is 12.9. The van der Waals surface area contributed by atoms with Crippen LogP contribution in [0.25, 0.3) is 0 Å². The number of rotatable bonds is 2. The van der Waals surface area contributed by atoms with Crippen molar-refractivity contribution in [2.45, 2.75) is 44.3 Å². The lowest BCUT2D eigenvalue weighted by atomic mass is 9.82. The van der Waals surface area contributed by atoms with E-state index in [1.54, 1.807) is 17.0 Å². The van der Waals surface area contributed by atoms with Gasteiger partial charge in [-0.2, -0.15) is 0 Å². The van der Waals surface area contributed by atoms with Gasteiger partial charge in [0.15, 0.2) is 0 Å². The molecule has 0 unspecified atom stereocenters. The number of piperidine rings is 1. The van der Waals surface area contributed by atoms with E-state index in [9.17, 15) is 14.7 Å². The van der Waals surface area contributed by atoms with Crippen molar-refractivity contribution in [1.29, 1.82) is 0 Å². The Hall–Kier alpha value is -1.99. The second-order valence-corrected chi connectivity index (χ2v) is 6.47. The molecular weight excluding hydrogens is 310 g/mol. The number of nitrogens with one attached hydrogen (secondary N) is 1. The van der Waals surface area contributed by atoms with E-state index in [0.29, 0.717) is 43.9 Å². The summed E-state index contributed by atoms with van der Waals surface area (Å²) >= 11 is 0. The number of ether oxygens (including phenoxy) is 1. The summed E-state index contributed by atoms with van der Waals surface area (Å²) in [6.45, 7) is 3.17. The van der Waals surface area contributed by atoms with Gasteiger partial charge in [-0.1, -0.05) is 0 Å². The number of aliphatic hydroxyl groups is 1. The molecule has 0 aromatic carbocycles. The third-order valence-electron chi connectivity index (χ3n) is 4.83. The van der Waals surface area contributed by atoms with Crippen LogP contribution in [0.5, 0.6) is 0 Å². The smallest absolute Gasteiger partial charge is 0.254 e. The number of aliphatic hydroxyl groups excluding tert-OH is 1. The van der Waals surface area contributed by atoms with Crippen molar-refractivity contribution >= 4 is 17.6 Å². The lowest BCUT2D eigenvalue weighted by molar-refractivity contribution is -0.174. The van der Waals surface area contributed by atoms with E-state index in [1.165, 1.54) is 13.1 Å². The van der Waals surface area contributed by atoms with Crippen molar-refractivity contribution in [2.24, 2.45) is 0 Å². The Morgan fingerprint density at radius 2 is 2.17 bits per heavy atom. The Morgan fingerprint density at radius 1 is 1.42 bits per heavy atom. The monoisotopic (exact) mass is 333 g/mol. The lowest BCUT2D eigenvalue weighted by Gasteiger charge is -2.46. The number of likely N-dealkylation sites (tertiary alicyclic amines) is 1. The first-order valence-electron chi connectivity index (χ1n) is 8.35. The third kappa shape index (κ3) is 3.42. The Balaban J connectivity index is 1.66. The molecule has 1 spiro atoms. The zero-order chi connectivity index (χ0) is 17.2. The van der Waals surface area contributed by atoms with Crippen LogP contribution in [0.2, 0.25) is 0 Å². The van der Waals surface area contributed by atoms with Crippen LogP contribution in [0.15, 0.2) is 18.3 Å². The van der Waals surface area contributed by atoms with Gasteiger partial charge in [-0.3, -0.25) is 9.59 Å². The molecule has 2 amide bonds. The molecule has 2 fully saturated rings. The number of amides is 2. The van der Waals surface area contributed by atoms with Gasteiger partial charge in [0.25, 0.3) is 5.91 Å². The van der Waals surface area contributed by atoms with Crippen LogP contribution >= 0.6 is 0 Å². The quantitative estimate of drug-likeness (QED) is 0.848. The molecule has 1 atom stereocenters. The molecule has 130 valence electrons. The molecule has 2 aliphatic rings. The standard InChI is InChI=1S/C17H23N3O4/c1-12(21)19-15-11-13(4-7-18-15)16(23)20-8-5-17(6-9-20)14(22)3-2-10-24-17/h4,7,11,14,22H,2-3,5-6,8-10H2,1H3,(H,18,19,21)/t14-/m1/s1. The minimum absolute atomic E-state index is 0.0934. The molecule has 0 bridgehead atoms. The molecule has 3 heterocycles. The van der Waals surface area contributed by atoms with E-state index < -0.39 is 11.7 Å². The van der Waals surface area contributed by atoms with Gasteiger partial charge in [0.05, 0.1) is 11.7 Å². The lowest BCUT2D eigenvalue weighted by Crippen LogP contribution is -2.56. The topological polar surface area (TPSA) is 91.8 Å².